The van der Waals surface area contributed by atoms with Gasteiger partial charge in [-0.1, -0.05) is 12.8 Å². The molecule has 0 amide bonds. The van der Waals surface area contributed by atoms with Gasteiger partial charge in [0.1, 0.15) is 23.5 Å². The smallest absolute Gasteiger partial charge is 0.136 e. The monoisotopic (exact) mass is 404 g/mol. The van der Waals surface area contributed by atoms with Crippen LogP contribution in [0.25, 0.3) is 22.1 Å². The Morgan fingerprint density at radius 2 is 2.04 bits per heavy atom. The van der Waals surface area contributed by atoms with Crippen LogP contribution < -0.4 is 0 Å². The van der Waals surface area contributed by atoms with Crippen LogP contribution >= 0.6 is 15.9 Å². The Morgan fingerprint density at radius 1 is 1.24 bits per heavy atom. The molecule has 1 aliphatic carbocycles. The molecular formula is C18H21BrN4O2. The van der Waals surface area contributed by atoms with Gasteiger partial charge in [0.15, 0.2) is 0 Å². The van der Waals surface area contributed by atoms with Gasteiger partial charge in [0.25, 0.3) is 0 Å². The highest BCUT2D eigenvalue weighted by molar-refractivity contribution is 9.10. The molecule has 0 aromatic carbocycles. The molecule has 0 spiro atoms. The number of aromatic nitrogens is 4. The van der Waals surface area contributed by atoms with Crippen molar-refractivity contribution in [1.82, 2.24) is 19.5 Å². The van der Waals surface area contributed by atoms with E-state index >= 15 is 0 Å². The quantitative estimate of drug-likeness (QED) is 0.703. The normalized spacial score (nSPS) is 16.9. The van der Waals surface area contributed by atoms with Crippen molar-refractivity contribution in [1.29, 1.82) is 0 Å². The number of aliphatic hydroxyl groups is 1. The molecule has 7 heteroatoms. The molecule has 0 saturated heterocycles. The fourth-order valence-corrected chi connectivity index (χ4v) is 3.98. The van der Waals surface area contributed by atoms with Crippen LogP contribution in [0.15, 0.2) is 22.9 Å². The predicted octanol–water partition coefficient (Wildman–Crippen LogP) is 3.58. The number of ether oxygens (including phenoxy) is 1. The second-order valence-electron chi connectivity index (χ2n) is 6.70. The van der Waals surface area contributed by atoms with Crippen molar-refractivity contribution in [3.05, 3.63) is 28.8 Å². The van der Waals surface area contributed by atoms with E-state index in [0.717, 1.165) is 58.0 Å². The largest absolute Gasteiger partial charge is 0.388 e. The Bertz CT molecular complexity index is 918. The van der Waals surface area contributed by atoms with Crippen LogP contribution in [-0.2, 0) is 17.9 Å². The van der Waals surface area contributed by atoms with Crippen LogP contribution in [0.4, 0.5) is 0 Å². The van der Waals surface area contributed by atoms with Gasteiger partial charge < -0.3 is 14.4 Å². The van der Waals surface area contributed by atoms with Crippen LogP contribution in [0, 0.1) is 0 Å². The van der Waals surface area contributed by atoms with Gasteiger partial charge >= 0.3 is 0 Å². The lowest BCUT2D eigenvalue weighted by Crippen LogP contribution is -2.31. The van der Waals surface area contributed by atoms with Crippen molar-refractivity contribution in [2.45, 2.75) is 51.4 Å². The number of hydrogen-bond donors (Lipinski definition) is 1. The van der Waals surface area contributed by atoms with Crippen molar-refractivity contribution in [2.24, 2.45) is 0 Å². The molecule has 3 aromatic rings. The maximum Gasteiger partial charge on any atom is 0.136 e. The molecule has 0 unspecified atom stereocenters. The molecule has 1 N–H and O–H groups in total. The van der Waals surface area contributed by atoms with E-state index in [9.17, 15) is 5.11 Å². The fraction of sp³-hybridized carbons (Fsp3) is 0.500. The average Bonchev–Trinajstić information content (AvgIpc) is 3.17. The van der Waals surface area contributed by atoms with Gasteiger partial charge in [0.05, 0.1) is 29.4 Å². The third-order valence-corrected chi connectivity index (χ3v) is 5.31. The minimum Gasteiger partial charge on any atom is -0.388 e. The molecule has 0 bridgehead atoms. The number of pyridine rings is 2. The standard InChI is InChI=1S/C18H21BrN4O2/c1-2-25-10-15-22-14-9-20-13-7-12(19)8-21-16(13)17(14)23(15)11-18(24)5-3-4-6-18/h7-9,24H,2-6,10-11H2,1H3. The molecule has 0 radical (unpaired) electrons. The molecule has 1 fully saturated rings. The highest BCUT2D eigenvalue weighted by atomic mass is 79.9. The Kier molecular flexibility index (Phi) is 4.47. The summed E-state index contributed by atoms with van der Waals surface area (Å²) in [6.07, 6.45) is 7.32. The summed E-state index contributed by atoms with van der Waals surface area (Å²) in [4.78, 5) is 13.8. The number of halogens is 1. The van der Waals surface area contributed by atoms with Gasteiger partial charge in [-0.05, 0) is 41.8 Å². The Hall–Kier alpha value is -1.57. The van der Waals surface area contributed by atoms with Crippen LogP contribution in [0.2, 0.25) is 0 Å². The number of imidazole rings is 1. The average molecular weight is 405 g/mol. The molecule has 1 saturated carbocycles. The van der Waals surface area contributed by atoms with Crippen molar-refractivity contribution in [3.8, 4) is 0 Å². The first-order chi connectivity index (χ1) is 12.1. The molecule has 4 rings (SSSR count). The van der Waals surface area contributed by atoms with E-state index in [2.05, 4.69) is 30.5 Å². The highest BCUT2D eigenvalue weighted by Gasteiger charge is 2.33. The van der Waals surface area contributed by atoms with E-state index in [1.807, 2.05) is 13.0 Å². The fourth-order valence-electron chi connectivity index (χ4n) is 3.66. The second-order valence-corrected chi connectivity index (χ2v) is 7.61. The summed E-state index contributed by atoms with van der Waals surface area (Å²) in [5.74, 6) is 0.816. The molecule has 25 heavy (non-hydrogen) atoms. The topological polar surface area (TPSA) is 73.1 Å². The predicted molar refractivity (Wildman–Crippen MR) is 99.3 cm³/mol. The number of nitrogens with zero attached hydrogens (tertiary/aromatic N) is 4. The summed E-state index contributed by atoms with van der Waals surface area (Å²) < 4.78 is 8.58. The van der Waals surface area contributed by atoms with Crippen LogP contribution in [-0.4, -0.2) is 36.8 Å². The van der Waals surface area contributed by atoms with E-state index < -0.39 is 5.60 Å². The van der Waals surface area contributed by atoms with Crippen LogP contribution in [0.3, 0.4) is 0 Å². The van der Waals surface area contributed by atoms with Crippen molar-refractivity contribution >= 4 is 38.0 Å². The summed E-state index contributed by atoms with van der Waals surface area (Å²) in [7, 11) is 0. The zero-order valence-corrected chi connectivity index (χ0v) is 15.8. The summed E-state index contributed by atoms with van der Waals surface area (Å²) in [5, 5.41) is 11.0. The SMILES string of the molecule is CCOCc1nc2cnc3cc(Br)cnc3c2n1CC1(O)CCCC1. The Labute approximate surface area is 154 Å². The third-order valence-electron chi connectivity index (χ3n) is 4.88. The molecular weight excluding hydrogens is 384 g/mol. The maximum absolute atomic E-state index is 11.0. The Morgan fingerprint density at radius 3 is 2.80 bits per heavy atom. The van der Waals surface area contributed by atoms with Gasteiger partial charge in [-0.2, -0.15) is 0 Å². The first-order valence-electron chi connectivity index (χ1n) is 8.69. The van der Waals surface area contributed by atoms with E-state index in [1.54, 1.807) is 12.4 Å². The number of fused-ring (bicyclic) bond motifs is 3. The van der Waals surface area contributed by atoms with Gasteiger partial charge in [-0.3, -0.25) is 9.97 Å². The first-order valence-corrected chi connectivity index (χ1v) is 9.48. The summed E-state index contributed by atoms with van der Waals surface area (Å²) in [6, 6.07) is 1.95. The lowest BCUT2D eigenvalue weighted by molar-refractivity contribution is 0.0281. The lowest BCUT2D eigenvalue weighted by atomic mass is 10.0. The van der Waals surface area contributed by atoms with Crippen LogP contribution in [0.1, 0.15) is 38.4 Å². The third kappa shape index (κ3) is 3.16. The van der Waals surface area contributed by atoms with Gasteiger partial charge in [0.2, 0.25) is 0 Å². The molecule has 0 aliphatic heterocycles. The number of rotatable bonds is 5. The van der Waals surface area contributed by atoms with E-state index in [4.69, 9.17) is 9.72 Å². The van der Waals surface area contributed by atoms with Gasteiger partial charge in [0, 0.05) is 17.3 Å². The van der Waals surface area contributed by atoms with E-state index in [-0.39, 0.29) is 0 Å². The molecule has 1 aliphatic rings. The van der Waals surface area contributed by atoms with E-state index in [1.165, 1.54) is 0 Å². The van der Waals surface area contributed by atoms with Gasteiger partial charge in [-0.25, -0.2) is 4.98 Å². The zero-order valence-electron chi connectivity index (χ0n) is 14.2. The van der Waals surface area contributed by atoms with E-state index in [0.29, 0.717) is 19.8 Å². The minimum absolute atomic E-state index is 0.416. The maximum atomic E-state index is 11.0. The molecule has 3 heterocycles. The number of hydrogen-bond acceptors (Lipinski definition) is 5. The molecule has 6 nitrogen and oxygen atoms in total. The first kappa shape index (κ1) is 16.9. The molecule has 3 aromatic heterocycles. The summed E-state index contributed by atoms with van der Waals surface area (Å²) >= 11 is 3.45. The minimum atomic E-state index is -0.681. The molecule has 0 atom stereocenters. The highest BCUT2D eigenvalue weighted by Crippen LogP contribution is 2.34. The lowest BCUT2D eigenvalue weighted by Gasteiger charge is -2.24. The van der Waals surface area contributed by atoms with Crippen molar-refractivity contribution in [2.75, 3.05) is 6.61 Å². The summed E-state index contributed by atoms with van der Waals surface area (Å²) in [6.45, 7) is 3.52. The van der Waals surface area contributed by atoms with Crippen molar-refractivity contribution < 1.29 is 9.84 Å². The summed E-state index contributed by atoms with van der Waals surface area (Å²) in [5.41, 5.74) is 2.65. The zero-order chi connectivity index (χ0) is 17.4. The van der Waals surface area contributed by atoms with Crippen LogP contribution in [0.5, 0.6) is 0 Å². The molecule has 132 valence electrons. The van der Waals surface area contributed by atoms with Crippen molar-refractivity contribution in [3.63, 3.8) is 0 Å². The van der Waals surface area contributed by atoms with Gasteiger partial charge in [-0.15, -0.1) is 0 Å². The Balaban J connectivity index is 1.91. The second kappa shape index (κ2) is 6.63.